The van der Waals surface area contributed by atoms with E-state index >= 15 is 0 Å². The van der Waals surface area contributed by atoms with Gasteiger partial charge in [0.1, 0.15) is 4.90 Å². The zero-order valence-corrected chi connectivity index (χ0v) is 12.2. The van der Waals surface area contributed by atoms with Gasteiger partial charge in [-0.2, -0.15) is 9.40 Å². The molecule has 19 heavy (non-hydrogen) atoms. The number of aromatic amines is 1. The fourth-order valence-electron chi connectivity index (χ4n) is 1.84. The van der Waals surface area contributed by atoms with E-state index in [1.807, 2.05) is 6.92 Å². The van der Waals surface area contributed by atoms with Gasteiger partial charge in [0.15, 0.2) is 0 Å². The number of hydrogen-bond donors (Lipinski definition) is 2. The quantitative estimate of drug-likeness (QED) is 0.752. The van der Waals surface area contributed by atoms with Crippen molar-refractivity contribution in [2.45, 2.75) is 38.5 Å². The lowest BCUT2D eigenvalue weighted by atomic mass is 10.3. The van der Waals surface area contributed by atoms with Gasteiger partial charge in [0.05, 0.1) is 17.9 Å². The summed E-state index contributed by atoms with van der Waals surface area (Å²) in [6, 6.07) is 0. The summed E-state index contributed by atoms with van der Waals surface area (Å²) in [5.74, 6) is -0.668. The number of aromatic nitrogens is 2. The monoisotopic (exact) mass is 288 g/mol. The highest BCUT2D eigenvalue weighted by Gasteiger charge is 2.30. The van der Waals surface area contributed by atoms with Crippen molar-refractivity contribution >= 4 is 15.9 Å². The topological polar surface area (TPSA) is 109 Å². The van der Waals surface area contributed by atoms with Crippen molar-refractivity contribution in [1.82, 2.24) is 14.5 Å². The highest BCUT2D eigenvalue weighted by Crippen LogP contribution is 2.21. The molecule has 0 aromatic carbocycles. The van der Waals surface area contributed by atoms with Crippen molar-refractivity contribution in [3.05, 3.63) is 11.4 Å². The van der Waals surface area contributed by atoms with E-state index in [4.69, 9.17) is 5.73 Å². The van der Waals surface area contributed by atoms with Gasteiger partial charge in [-0.25, -0.2) is 8.42 Å². The third-order valence-electron chi connectivity index (χ3n) is 2.75. The summed E-state index contributed by atoms with van der Waals surface area (Å²) >= 11 is 0. The van der Waals surface area contributed by atoms with E-state index in [2.05, 4.69) is 10.2 Å². The molecule has 0 atom stereocenters. The molecule has 1 rings (SSSR count). The maximum Gasteiger partial charge on any atom is 0.247 e. The molecule has 1 aromatic rings. The Morgan fingerprint density at radius 2 is 2.05 bits per heavy atom. The van der Waals surface area contributed by atoms with Gasteiger partial charge in [-0.05, 0) is 20.3 Å². The summed E-state index contributed by atoms with van der Waals surface area (Å²) < 4.78 is 26.2. The van der Waals surface area contributed by atoms with Crippen LogP contribution in [0.5, 0.6) is 0 Å². The minimum Gasteiger partial charge on any atom is -0.369 e. The molecule has 0 saturated carbocycles. The molecule has 7 nitrogen and oxygen atoms in total. The van der Waals surface area contributed by atoms with Crippen LogP contribution >= 0.6 is 0 Å². The van der Waals surface area contributed by atoms with Crippen molar-refractivity contribution in [3.8, 4) is 0 Å². The number of nitrogens with zero attached hydrogens (tertiary/aromatic N) is 2. The van der Waals surface area contributed by atoms with Crippen LogP contribution < -0.4 is 5.73 Å². The number of aryl methyl sites for hydroxylation is 2. The van der Waals surface area contributed by atoms with Crippen molar-refractivity contribution in [3.63, 3.8) is 0 Å². The molecule has 3 N–H and O–H groups in total. The number of unbranched alkanes of at least 4 members (excludes halogenated alkanes) is 1. The van der Waals surface area contributed by atoms with Crippen LogP contribution in [0.4, 0.5) is 0 Å². The molecule has 0 saturated heterocycles. The molecule has 1 aromatic heterocycles. The van der Waals surface area contributed by atoms with E-state index in [0.717, 1.165) is 10.7 Å². The number of primary amides is 1. The third kappa shape index (κ3) is 3.54. The van der Waals surface area contributed by atoms with E-state index < -0.39 is 15.9 Å². The average molecular weight is 288 g/mol. The standard InChI is InChI=1S/C11H20N4O3S/c1-4-5-6-15(7-10(12)16)19(17,18)11-8(2)13-14-9(11)3/h4-7H2,1-3H3,(H2,12,16)(H,13,14). The Morgan fingerprint density at radius 3 is 2.47 bits per heavy atom. The number of hydrogen-bond acceptors (Lipinski definition) is 4. The van der Waals surface area contributed by atoms with Gasteiger partial charge >= 0.3 is 0 Å². The second-order valence-corrected chi connectivity index (χ2v) is 6.30. The molecule has 0 unspecified atom stereocenters. The van der Waals surface area contributed by atoms with E-state index in [1.54, 1.807) is 13.8 Å². The van der Waals surface area contributed by atoms with Crippen LogP contribution in [0.3, 0.4) is 0 Å². The van der Waals surface area contributed by atoms with Crippen molar-refractivity contribution in [1.29, 1.82) is 0 Å². The predicted molar refractivity (Wildman–Crippen MR) is 70.9 cm³/mol. The molecule has 0 aliphatic heterocycles. The number of carbonyl (C=O) groups excluding carboxylic acids is 1. The van der Waals surface area contributed by atoms with E-state index in [9.17, 15) is 13.2 Å². The highest BCUT2D eigenvalue weighted by atomic mass is 32.2. The van der Waals surface area contributed by atoms with Gasteiger partial charge in [-0.3, -0.25) is 9.89 Å². The number of nitrogens with two attached hydrogens (primary N) is 1. The molecule has 0 aliphatic carbocycles. The van der Waals surface area contributed by atoms with Crippen LogP contribution in [0.15, 0.2) is 4.90 Å². The van der Waals surface area contributed by atoms with Crippen LogP contribution in [0.2, 0.25) is 0 Å². The number of sulfonamides is 1. The summed E-state index contributed by atoms with van der Waals surface area (Å²) in [6.07, 6.45) is 1.50. The summed E-state index contributed by atoms with van der Waals surface area (Å²) in [5.41, 5.74) is 5.98. The Morgan fingerprint density at radius 1 is 1.42 bits per heavy atom. The summed E-state index contributed by atoms with van der Waals surface area (Å²) in [6.45, 7) is 5.15. The minimum atomic E-state index is -3.75. The van der Waals surface area contributed by atoms with Gasteiger partial charge in [-0.1, -0.05) is 13.3 Å². The van der Waals surface area contributed by atoms with Gasteiger partial charge in [-0.15, -0.1) is 0 Å². The molecule has 0 fully saturated rings. The van der Waals surface area contributed by atoms with E-state index in [-0.39, 0.29) is 18.0 Å². The maximum absolute atomic E-state index is 12.5. The molecule has 0 bridgehead atoms. The Balaban J connectivity index is 3.15. The fraction of sp³-hybridized carbons (Fsp3) is 0.636. The van der Waals surface area contributed by atoms with E-state index in [1.165, 1.54) is 0 Å². The first kappa shape index (κ1) is 15.6. The molecular formula is C11H20N4O3S. The Kier molecular flexibility index (Phi) is 5.07. The molecule has 0 spiro atoms. The number of H-pyrrole nitrogens is 1. The van der Waals surface area contributed by atoms with Crippen LogP contribution in [-0.2, 0) is 14.8 Å². The largest absolute Gasteiger partial charge is 0.369 e. The van der Waals surface area contributed by atoms with Gasteiger partial charge < -0.3 is 5.73 Å². The van der Waals surface area contributed by atoms with Crippen molar-refractivity contribution in [2.24, 2.45) is 5.73 Å². The zero-order chi connectivity index (χ0) is 14.6. The molecule has 1 amide bonds. The summed E-state index contributed by atoms with van der Waals surface area (Å²) in [7, 11) is -3.75. The molecule has 8 heteroatoms. The maximum atomic E-state index is 12.5. The van der Waals surface area contributed by atoms with Crippen molar-refractivity contribution in [2.75, 3.05) is 13.1 Å². The third-order valence-corrected chi connectivity index (χ3v) is 4.86. The van der Waals surface area contributed by atoms with Gasteiger partial charge in [0.2, 0.25) is 15.9 Å². The Bertz CT molecular complexity index is 531. The summed E-state index contributed by atoms with van der Waals surface area (Å²) in [4.78, 5) is 11.2. The number of rotatable bonds is 7. The first-order valence-electron chi connectivity index (χ1n) is 6.10. The number of amides is 1. The lowest BCUT2D eigenvalue weighted by molar-refractivity contribution is -0.118. The predicted octanol–water partition coefficient (Wildman–Crippen LogP) is 0.303. The van der Waals surface area contributed by atoms with Crippen LogP contribution in [0, 0.1) is 13.8 Å². The first-order valence-corrected chi connectivity index (χ1v) is 7.54. The minimum absolute atomic E-state index is 0.129. The molecular weight excluding hydrogens is 268 g/mol. The first-order chi connectivity index (χ1) is 8.80. The van der Waals surface area contributed by atoms with E-state index in [0.29, 0.717) is 17.8 Å². The Hall–Kier alpha value is -1.41. The Labute approximate surface area is 113 Å². The zero-order valence-electron chi connectivity index (χ0n) is 11.4. The van der Waals surface area contributed by atoms with Crippen LogP contribution in [-0.4, -0.2) is 41.9 Å². The second kappa shape index (κ2) is 6.16. The fourth-order valence-corrected chi connectivity index (χ4v) is 3.62. The molecule has 0 radical (unpaired) electrons. The molecule has 0 aliphatic rings. The van der Waals surface area contributed by atoms with Crippen molar-refractivity contribution < 1.29 is 13.2 Å². The highest BCUT2D eigenvalue weighted by molar-refractivity contribution is 7.89. The molecule has 108 valence electrons. The van der Waals surface area contributed by atoms with Crippen LogP contribution in [0.25, 0.3) is 0 Å². The summed E-state index contributed by atoms with van der Waals surface area (Å²) in [5, 5.41) is 6.51. The lowest BCUT2D eigenvalue weighted by Gasteiger charge is -2.20. The average Bonchev–Trinajstić information content (AvgIpc) is 2.64. The lowest BCUT2D eigenvalue weighted by Crippen LogP contribution is -2.39. The number of carbonyl (C=O) groups is 1. The normalized spacial score (nSPS) is 12.0. The smallest absolute Gasteiger partial charge is 0.247 e. The van der Waals surface area contributed by atoms with Gasteiger partial charge in [0.25, 0.3) is 0 Å². The molecule has 1 heterocycles. The second-order valence-electron chi connectivity index (χ2n) is 4.42. The number of nitrogens with one attached hydrogen (secondary N) is 1. The van der Waals surface area contributed by atoms with Crippen LogP contribution in [0.1, 0.15) is 31.2 Å². The SMILES string of the molecule is CCCCN(CC(N)=O)S(=O)(=O)c1c(C)n[nH]c1C. The van der Waals surface area contributed by atoms with Gasteiger partial charge in [0, 0.05) is 6.54 Å².